The average molecular weight is 384 g/mol. The van der Waals surface area contributed by atoms with E-state index in [2.05, 4.69) is 42.6 Å². The quantitative estimate of drug-likeness (QED) is 0.529. The molecule has 0 fully saturated rings. The number of benzene rings is 2. The van der Waals surface area contributed by atoms with Crippen molar-refractivity contribution in [1.29, 1.82) is 0 Å². The SMILES string of the molecule is CC(C)Oc1cc2c(cc1Nc1ncnc3n[nH]c(-c4ccccc4)c13)C=NC2. The molecular weight excluding hydrogens is 364 g/mol. The number of aromatic nitrogens is 4. The number of hydrogen-bond acceptors (Lipinski definition) is 6. The predicted octanol–water partition coefficient (Wildman–Crippen LogP) is 4.48. The molecule has 7 heteroatoms. The van der Waals surface area contributed by atoms with Gasteiger partial charge in [-0.25, -0.2) is 9.97 Å². The summed E-state index contributed by atoms with van der Waals surface area (Å²) in [6.07, 6.45) is 3.45. The van der Waals surface area contributed by atoms with Crippen molar-refractivity contribution in [3.63, 3.8) is 0 Å². The Labute approximate surface area is 167 Å². The highest BCUT2D eigenvalue weighted by Gasteiger charge is 2.18. The van der Waals surface area contributed by atoms with E-state index in [1.54, 1.807) is 0 Å². The average Bonchev–Trinajstić information content (AvgIpc) is 3.35. The fourth-order valence-corrected chi connectivity index (χ4v) is 3.48. The first-order chi connectivity index (χ1) is 14.2. The van der Waals surface area contributed by atoms with Gasteiger partial charge in [-0.05, 0) is 37.1 Å². The summed E-state index contributed by atoms with van der Waals surface area (Å²) >= 11 is 0. The molecule has 0 atom stereocenters. The molecule has 0 unspecified atom stereocenters. The number of nitrogens with zero attached hydrogens (tertiary/aromatic N) is 4. The van der Waals surface area contributed by atoms with Crippen LogP contribution in [0.1, 0.15) is 25.0 Å². The van der Waals surface area contributed by atoms with Crippen molar-refractivity contribution in [2.24, 2.45) is 4.99 Å². The number of fused-ring (bicyclic) bond motifs is 2. The second-order valence-corrected chi connectivity index (χ2v) is 7.19. The van der Waals surface area contributed by atoms with Crippen LogP contribution in [0.3, 0.4) is 0 Å². The molecule has 0 radical (unpaired) electrons. The van der Waals surface area contributed by atoms with Gasteiger partial charge in [0.1, 0.15) is 17.9 Å². The van der Waals surface area contributed by atoms with E-state index in [4.69, 9.17) is 4.74 Å². The zero-order valence-corrected chi connectivity index (χ0v) is 16.2. The Morgan fingerprint density at radius 1 is 1.10 bits per heavy atom. The number of rotatable bonds is 5. The monoisotopic (exact) mass is 384 g/mol. The normalized spacial score (nSPS) is 12.5. The Bertz CT molecular complexity index is 1210. The number of ether oxygens (including phenoxy) is 1. The Morgan fingerprint density at radius 3 is 2.79 bits per heavy atom. The van der Waals surface area contributed by atoms with E-state index in [1.807, 2.05) is 50.4 Å². The summed E-state index contributed by atoms with van der Waals surface area (Å²) in [4.78, 5) is 13.2. The van der Waals surface area contributed by atoms with Crippen LogP contribution in [0.2, 0.25) is 0 Å². The molecule has 2 N–H and O–H groups in total. The van der Waals surface area contributed by atoms with Crippen LogP contribution in [0.4, 0.5) is 11.5 Å². The number of hydrogen-bond donors (Lipinski definition) is 2. The molecule has 1 aliphatic heterocycles. The van der Waals surface area contributed by atoms with Crippen LogP contribution in [0.5, 0.6) is 5.75 Å². The molecule has 144 valence electrons. The highest BCUT2D eigenvalue weighted by molar-refractivity contribution is 6.00. The van der Waals surface area contributed by atoms with Gasteiger partial charge in [0.05, 0.1) is 29.4 Å². The van der Waals surface area contributed by atoms with E-state index >= 15 is 0 Å². The van der Waals surface area contributed by atoms with Gasteiger partial charge in [-0.3, -0.25) is 10.1 Å². The summed E-state index contributed by atoms with van der Waals surface area (Å²) in [6.45, 7) is 4.71. The zero-order valence-electron chi connectivity index (χ0n) is 16.2. The second kappa shape index (κ2) is 7.01. The molecule has 0 saturated heterocycles. The lowest BCUT2D eigenvalue weighted by Gasteiger charge is -2.17. The molecule has 0 saturated carbocycles. The van der Waals surface area contributed by atoms with E-state index in [0.29, 0.717) is 18.0 Å². The van der Waals surface area contributed by atoms with Gasteiger partial charge in [0.2, 0.25) is 0 Å². The lowest BCUT2D eigenvalue weighted by molar-refractivity contribution is 0.243. The minimum absolute atomic E-state index is 0.0511. The lowest BCUT2D eigenvalue weighted by atomic mass is 10.1. The maximum Gasteiger partial charge on any atom is 0.186 e. The molecule has 3 heterocycles. The molecule has 7 nitrogen and oxygen atoms in total. The Kier molecular flexibility index (Phi) is 4.20. The van der Waals surface area contributed by atoms with Crippen LogP contribution in [-0.2, 0) is 6.54 Å². The van der Waals surface area contributed by atoms with Gasteiger partial charge in [0.25, 0.3) is 0 Å². The van der Waals surface area contributed by atoms with Gasteiger partial charge in [-0.2, -0.15) is 5.10 Å². The van der Waals surface area contributed by atoms with Crippen LogP contribution in [0.15, 0.2) is 53.8 Å². The number of nitrogens with one attached hydrogen (secondary N) is 2. The van der Waals surface area contributed by atoms with E-state index < -0.39 is 0 Å². The highest BCUT2D eigenvalue weighted by atomic mass is 16.5. The van der Waals surface area contributed by atoms with Gasteiger partial charge < -0.3 is 10.1 Å². The van der Waals surface area contributed by atoms with Crippen LogP contribution >= 0.6 is 0 Å². The fraction of sp³-hybridized carbons (Fsp3) is 0.182. The molecule has 0 aliphatic carbocycles. The molecule has 1 aliphatic rings. The summed E-state index contributed by atoms with van der Waals surface area (Å²) in [6, 6.07) is 14.1. The van der Waals surface area contributed by atoms with E-state index in [-0.39, 0.29) is 6.10 Å². The van der Waals surface area contributed by atoms with Crippen LogP contribution < -0.4 is 10.1 Å². The molecular formula is C22H20N6O. The van der Waals surface area contributed by atoms with E-state index in [9.17, 15) is 0 Å². The first-order valence-corrected chi connectivity index (χ1v) is 9.54. The smallest absolute Gasteiger partial charge is 0.186 e. The van der Waals surface area contributed by atoms with Crippen molar-refractivity contribution in [3.05, 3.63) is 59.9 Å². The standard InChI is InChI=1S/C22H20N6O/c1-13(2)29-18-9-16-11-23-10-15(16)8-17(18)26-21-19-20(14-6-4-3-5-7-14)27-28-22(19)25-12-24-21/h3-10,12-13H,11H2,1-2H3,(H2,24,25,26,27,28). The van der Waals surface area contributed by atoms with Crippen molar-refractivity contribution < 1.29 is 4.74 Å². The summed E-state index contributed by atoms with van der Waals surface area (Å²) in [5.41, 5.74) is 5.59. The van der Waals surface area contributed by atoms with Crippen molar-refractivity contribution in [2.75, 3.05) is 5.32 Å². The summed E-state index contributed by atoms with van der Waals surface area (Å²) < 4.78 is 6.07. The van der Waals surface area contributed by atoms with Crippen molar-refractivity contribution in [1.82, 2.24) is 20.2 Å². The van der Waals surface area contributed by atoms with Gasteiger partial charge in [0, 0.05) is 11.8 Å². The molecule has 0 bridgehead atoms. The van der Waals surface area contributed by atoms with E-state index in [0.717, 1.165) is 39.2 Å². The lowest BCUT2D eigenvalue weighted by Crippen LogP contribution is -2.09. The molecule has 0 spiro atoms. The molecule has 2 aromatic carbocycles. The van der Waals surface area contributed by atoms with Crippen molar-refractivity contribution in [2.45, 2.75) is 26.5 Å². The minimum atomic E-state index is 0.0511. The first-order valence-electron chi connectivity index (χ1n) is 9.54. The summed E-state index contributed by atoms with van der Waals surface area (Å²) in [7, 11) is 0. The van der Waals surface area contributed by atoms with Crippen LogP contribution in [-0.4, -0.2) is 32.5 Å². The van der Waals surface area contributed by atoms with Crippen LogP contribution in [0, 0.1) is 0 Å². The van der Waals surface area contributed by atoms with Gasteiger partial charge in [-0.15, -0.1) is 0 Å². The Morgan fingerprint density at radius 2 is 1.97 bits per heavy atom. The van der Waals surface area contributed by atoms with Crippen molar-refractivity contribution >= 4 is 28.8 Å². The first kappa shape index (κ1) is 17.4. The summed E-state index contributed by atoms with van der Waals surface area (Å²) in [5.74, 6) is 1.45. The van der Waals surface area contributed by atoms with Gasteiger partial charge >= 0.3 is 0 Å². The largest absolute Gasteiger partial charge is 0.489 e. The Balaban J connectivity index is 1.63. The molecule has 29 heavy (non-hydrogen) atoms. The third-order valence-corrected chi connectivity index (χ3v) is 4.76. The molecule has 2 aromatic heterocycles. The number of aromatic amines is 1. The third kappa shape index (κ3) is 3.20. The highest BCUT2D eigenvalue weighted by Crippen LogP contribution is 2.36. The van der Waals surface area contributed by atoms with Crippen LogP contribution in [0.25, 0.3) is 22.3 Å². The topological polar surface area (TPSA) is 88.1 Å². The van der Waals surface area contributed by atoms with Gasteiger partial charge in [0.15, 0.2) is 5.65 Å². The summed E-state index contributed by atoms with van der Waals surface area (Å²) in [5, 5.41) is 11.7. The Hall–Kier alpha value is -3.74. The fourth-order valence-electron chi connectivity index (χ4n) is 3.48. The number of anilines is 2. The zero-order chi connectivity index (χ0) is 19.8. The molecule has 0 amide bonds. The predicted molar refractivity (Wildman–Crippen MR) is 114 cm³/mol. The second-order valence-electron chi connectivity index (χ2n) is 7.19. The van der Waals surface area contributed by atoms with Crippen molar-refractivity contribution in [3.8, 4) is 17.0 Å². The van der Waals surface area contributed by atoms with Gasteiger partial charge in [-0.1, -0.05) is 30.3 Å². The molecule has 4 aromatic rings. The number of aliphatic imine (C=N–C) groups is 1. The number of H-pyrrole nitrogens is 1. The molecule has 5 rings (SSSR count). The maximum atomic E-state index is 6.07. The maximum absolute atomic E-state index is 6.07. The van der Waals surface area contributed by atoms with E-state index in [1.165, 1.54) is 6.33 Å². The minimum Gasteiger partial charge on any atom is -0.489 e. The third-order valence-electron chi connectivity index (χ3n) is 4.76.